The standard InChI is InChI=1S/C32H53N3O8/c1-12-21(4)27(24(41-11)18-25(37)43-32(6,7)8)34(9)30(39)26(20(2)3)33-29(38)28(22(5)36)35(10)31(40)42-19-23-16-14-13-15-17-23/h13-17,20-22,24,26-28,36H,12,18-19H2,1-11H3,(H,33,38)/t21-,22+,24+,26-,27-,28-/m0/s1. The van der Waals surface area contributed by atoms with Crippen LogP contribution in [-0.4, -0.2) is 95.9 Å². The van der Waals surface area contributed by atoms with Crippen LogP contribution < -0.4 is 5.32 Å². The van der Waals surface area contributed by atoms with Gasteiger partial charge in [-0.25, -0.2) is 4.79 Å². The third-order valence-corrected chi connectivity index (χ3v) is 7.36. The second-order valence-corrected chi connectivity index (χ2v) is 12.5. The van der Waals surface area contributed by atoms with E-state index in [2.05, 4.69) is 5.32 Å². The first-order chi connectivity index (χ1) is 19.9. The van der Waals surface area contributed by atoms with Crippen LogP contribution in [0, 0.1) is 11.8 Å². The van der Waals surface area contributed by atoms with Crippen molar-refractivity contribution < 1.29 is 38.5 Å². The summed E-state index contributed by atoms with van der Waals surface area (Å²) < 4.78 is 16.6. The summed E-state index contributed by atoms with van der Waals surface area (Å²) in [4.78, 5) is 55.5. The van der Waals surface area contributed by atoms with Gasteiger partial charge in [-0.2, -0.15) is 0 Å². The van der Waals surface area contributed by atoms with Crippen LogP contribution in [0.2, 0.25) is 0 Å². The van der Waals surface area contributed by atoms with Gasteiger partial charge < -0.3 is 29.5 Å². The molecule has 0 heterocycles. The van der Waals surface area contributed by atoms with Crippen molar-refractivity contribution in [3.63, 3.8) is 0 Å². The number of benzene rings is 1. The highest BCUT2D eigenvalue weighted by atomic mass is 16.6. The molecule has 11 heteroatoms. The van der Waals surface area contributed by atoms with E-state index in [1.165, 1.54) is 26.0 Å². The molecule has 43 heavy (non-hydrogen) atoms. The molecular weight excluding hydrogens is 554 g/mol. The Bertz CT molecular complexity index is 1040. The van der Waals surface area contributed by atoms with Gasteiger partial charge in [0, 0.05) is 21.2 Å². The molecule has 0 bridgehead atoms. The Kier molecular flexibility index (Phi) is 15.1. The number of aliphatic hydroxyl groups excluding tert-OH is 1. The third-order valence-electron chi connectivity index (χ3n) is 7.36. The number of nitrogens with one attached hydrogen (secondary N) is 1. The lowest BCUT2D eigenvalue weighted by Crippen LogP contribution is -2.61. The summed E-state index contributed by atoms with van der Waals surface area (Å²) in [5, 5.41) is 13.2. The number of amides is 3. The fourth-order valence-corrected chi connectivity index (χ4v) is 4.90. The van der Waals surface area contributed by atoms with Crippen molar-refractivity contribution in [1.29, 1.82) is 0 Å². The maximum atomic E-state index is 13.9. The number of likely N-dealkylation sites (N-methyl/N-ethyl adjacent to an activating group) is 2. The maximum Gasteiger partial charge on any atom is 0.410 e. The van der Waals surface area contributed by atoms with Crippen molar-refractivity contribution in [2.24, 2.45) is 11.8 Å². The van der Waals surface area contributed by atoms with Crippen LogP contribution in [0.25, 0.3) is 0 Å². The first-order valence-electron chi connectivity index (χ1n) is 14.9. The molecule has 6 atom stereocenters. The number of carbonyl (C=O) groups excluding carboxylic acids is 4. The monoisotopic (exact) mass is 607 g/mol. The lowest BCUT2D eigenvalue weighted by atomic mass is 9.90. The van der Waals surface area contributed by atoms with Crippen LogP contribution in [0.4, 0.5) is 4.79 Å². The predicted octanol–water partition coefficient (Wildman–Crippen LogP) is 3.77. The molecule has 1 aromatic rings. The van der Waals surface area contributed by atoms with Crippen LogP contribution in [-0.2, 0) is 35.2 Å². The number of aliphatic hydroxyl groups is 1. The van der Waals surface area contributed by atoms with Crippen molar-refractivity contribution in [1.82, 2.24) is 15.1 Å². The first-order valence-corrected chi connectivity index (χ1v) is 14.9. The van der Waals surface area contributed by atoms with E-state index in [0.717, 1.165) is 10.5 Å². The van der Waals surface area contributed by atoms with E-state index in [1.54, 1.807) is 53.8 Å². The zero-order chi connectivity index (χ0) is 33.1. The van der Waals surface area contributed by atoms with Gasteiger partial charge >= 0.3 is 12.1 Å². The number of hydrogen-bond donors (Lipinski definition) is 2. The zero-order valence-electron chi connectivity index (χ0n) is 27.7. The average molecular weight is 608 g/mol. The minimum absolute atomic E-state index is 0.00295. The molecule has 0 saturated heterocycles. The maximum absolute atomic E-state index is 13.9. The molecule has 0 aromatic heterocycles. The second kappa shape index (κ2) is 17.2. The van der Waals surface area contributed by atoms with E-state index in [1.807, 2.05) is 32.0 Å². The smallest absolute Gasteiger partial charge is 0.410 e. The minimum atomic E-state index is -1.31. The molecule has 0 radical (unpaired) electrons. The van der Waals surface area contributed by atoms with Crippen LogP contribution in [0.5, 0.6) is 0 Å². The largest absolute Gasteiger partial charge is 0.460 e. The zero-order valence-corrected chi connectivity index (χ0v) is 27.7. The molecule has 1 rings (SSSR count). The molecule has 3 amide bonds. The van der Waals surface area contributed by atoms with Gasteiger partial charge in [-0.05, 0) is 45.1 Å². The highest BCUT2D eigenvalue weighted by molar-refractivity contribution is 5.92. The fourth-order valence-electron chi connectivity index (χ4n) is 4.90. The van der Waals surface area contributed by atoms with Crippen molar-refractivity contribution in [2.45, 2.75) is 111 Å². The van der Waals surface area contributed by atoms with Crippen molar-refractivity contribution >= 4 is 23.9 Å². The van der Waals surface area contributed by atoms with Gasteiger partial charge in [0.05, 0.1) is 24.7 Å². The Morgan fingerprint density at radius 3 is 2.02 bits per heavy atom. The van der Waals surface area contributed by atoms with Crippen LogP contribution in [0.1, 0.15) is 73.8 Å². The predicted molar refractivity (Wildman–Crippen MR) is 164 cm³/mol. The number of rotatable bonds is 15. The Morgan fingerprint density at radius 2 is 1.56 bits per heavy atom. The fraction of sp³-hybridized carbons (Fsp3) is 0.688. The third kappa shape index (κ3) is 11.8. The quantitative estimate of drug-likeness (QED) is 0.288. The summed E-state index contributed by atoms with van der Waals surface area (Å²) in [5.74, 6) is -1.93. The minimum Gasteiger partial charge on any atom is -0.460 e. The average Bonchev–Trinajstić information content (AvgIpc) is 2.92. The normalized spacial score (nSPS) is 15.8. The van der Waals surface area contributed by atoms with E-state index in [-0.39, 0.29) is 24.9 Å². The van der Waals surface area contributed by atoms with Gasteiger partial charge in [0.15, 0.2) is 0 Å². The van der Waals surface area contributed by atoms with E-state index < -0.39 is 59.8 Å². The number of methoxy groups -OCH3 is 1. The van der Waals surface area contributed by atoms with E-state index in [4.69, 9.17) is 14.2 Å². The summed E-state index contributed by atoms with van der Waals surface area (Å²) in [6, 6.07) is 6.28. The summed E-state index contributed by atoms with van der Waals surface area (Å²) in [5.41, 5.74) is 0.102. The van der Waals surface area contributed by atoms with Crippen molar-refractivity contribution in [3.8, 4) is 0 Å². The molecule has 0 aliphatic carbocycles. The molecule has 0 aliphatic heterocycles. The first kappa shape index (κ1) is 37.8. The summed E-state index contributed by atoms with van der Waals surface area (Å²) >= 11 is 0. The van der Waals surface area contributed by atoms with Crippen LogP contribution in [0.3, 0.4) is 0 Å². The molecule has 0 fully saturated rings. The van der Waals surface area contributed by atoms with Crippen molar-refractivity contribution in [2.75, 3.05) is 21.2 Å². The van der Waals surface area contributed by atoms with E-state index in [0.29, 0.717) is 6.42 Å². The van der Waals surface area contributed by atoms with Gasteiger partial charge in [-0.1, -0.05) is 64.4 Å². The molecule has 0 saturated carbocycles. The number of ether oxygens (including phenoxy) is 3. The highest BCUT2D eigenvalue weighted by Crippen LogP contribution is 2.24. The summed E-state index contributed by atoms with van der Waals surface area (Å²) in [7, 11) is 4.48. The Morgan fingerprint density at radius 1 is 0.977 bits per heavy atom. The van der Waals surface area contributed by atoms with Crippen LogP contribution >= 0.6 is 0 Å². The van der Waals surface area contributed by atoms with Gasteiger partial charge in [0.1, 0.15) is 24.3 Å². The van der Waals surface area contributed by atoms with Gasteiger partial charge in [-0.15, -0.1) is 0 Å². The molecule has 0 aliphatic rings. The molecular formula is C32H53N3O8. The number of hydrogen-bond acceptors (Lipinski definition) is 8. The number of nitrogens with zero attached hydrogens (tertiary/aromatic N) is 2. The summed E-state index contributed by atoms with van der Waals surface area (Å²) in [6.45, 7) is 14.3. The molecule has 1 aromatic carbocycles. The SMILES string of the molecule is CC[C@H](C)[C@@H]([C@@H](CC(=O)OC(C)(C)C)OC)N(C)C(=O)[C@@H](NC(=O)[C@H]([C@@H](C)O)N(C)C(=O)OCc1ccccc1)C(C)C. The van der Waals surface area contributed by atoms with Gasteiger partial charge in [0.2, 0.25) is 11.8 Å². The molecule has 11 nitrogen and oxygen atoms in total. The van der Waals surface area contributed by atoms with Gasteiger partial charge in [-0.3, -0.25) is 19.3 Å². The van der Waals surface area contributed by atoms with Crippen molar-refractivity contribution in [3.05, 3.63) is 35.9 Å². The lowest BCUT2D eigenvalue weighted by molar-refractivity contribution is -0.161. The second-order valence-electron chi connectivity index (χ2n) is 12.5. The molecule has 2 N–H and O–H groups in total. The number of esters is 1. The van der Waals surface area contributed by atoms with E-state index in [9.17, 15) is 24.3 Å². The van der Waals surface area contributed by atoms with Gasteiger partial charge in [0.25, 0.3) is 0 Å². The Labute approximate surface area is 257 Å². The Hall–Kier alpha value is -3.18. The topological polar surface area (TPSA) is 135 Å². The molecule has 0 spiro atoms. The summed E-state index contributed by atoms with van der Waals surface area (Å²) in [6.07, 6.45) is -2.06. The molecule has 244 valence electrons. The molecule has 0 unspecified atom stereocenters. The lowest BCUT2D eigenvalue weighted by Gasteiger charge is -2.40. The number of carbonyl (C=O) groups is 4. The van der Waals surface area contributed by atoms with E-state index >= 15 is 0 Å². The van der Waals surface area contributed by atoms with Crippen LogP contribution in [0.15, 0.2) is 30.3 Å². The highest BCUT2D eigenvalue weighted by Gasteiger charge is 2.40. The Balaban J connectivity index is 3.16.